The van der Waals surface area contributed by atoms with E-state index in [2.05, 4.69) is 20.9 Å². The number of carbonyl (C=O) groups excluding carboxylic acids is 1. The van der Waals surface area contributed by atoms with Crippen LogP contribution in [0.5, 0.6) is 0 Å². The van der Waals surface area contributed by atoms with Gasteiger partial charge in [-0.05, 0) is 32.3 Å². The van der Waals surface area contributed by atoms with Gasteiger partial charge in [0.2, 0.25) is 5.91 Å². The summed E-state index contributed by atoms with van der Waals surface area (Å²) in [7, 11) is -2.99. The largest absolute Gasteiger partial charge is 0.357 e. The van der Waals surface area contributed by atoms with Crippen LogP contribution in [0.1, 0.15) is 25.8 Å². The van der Waals surface area contributed by atoms with Gasteiger partial charge in [0.05, 0.1) is 5.75 Å². The summed E-state index contributed by atoms with van der Waals surface area (Å²) in [5.74, 6) is 0.467. The van der Waals surface area contributed by atoms with Gasteiger partial charge in [-0.25, -0.2) is 13.4 Å². The number of benzene rings is 1. The first-order valence-corrected chi connectivity index (χ1v) is 10.9. The van der Waals surface area contributed by atoms with Crippen LogP contribution >= 0.6 is 0 Å². The van der Waals surface area contributed by atoms with Gasteiger partial charge >= 0.3 is 0 Å². The Labute approximate surface area is 156 Å². The third-order valence-corrected chi connectivity index (χ3v) is 4.59. The molecule has 0 bridgehead atoms. The first-order valence-electron chi connectivity index (χ1n) is 8.83. The number of nitrogens with zero attached hydrogens (tertiary/aromatic N) is 1. The fourth-order valence-corrected chi connectivity index (χ4v) is 3.00. The van der Waals surface area contributed by atoms with Gasteiger partial charge in [0.25, 0.3) is 0 Å². The predicted octanol–water partition coefficient (Wildman–Crippen LogP) is 0.724. The highest BCUT2D eigenvalue weighted by Crippen LogP contribution is 1.98. The number of hydrogen-bond acceptors (Lipinski definition) is 4. The fraction of sp³-hybridized carbons (Fsp3) is 0.556. The van der Waals surface area contributed by atoms with E-state index < -0.39 is 9.84 Å². The highest BCUT2D eigenvalue weighted by Gasteiger charge is 2.10. The number of rotatable bonds is 10. The molecule has 0 heterocycles. The minimum atomic E-state index is -2.99. The summed E-state index contributed by atoms with van der Waals surface area (Å²) in [6.07, 6.45) is 2.47. The molecule has 1 aromatic rings. The lowest BCUT2D eigenvalue weighted by atomic mass is 10.1. The highest BCUT2D eigenvalue weighted by molar-refractivity contribution is 7.90. The second kappa shape index (κ2) is 11.5. The predicted molar refractivity (Wildman–Crippen MR) is 106 cm³/mol. The number of aliphatic imine (C=N–C) groups is 1. The van der Waals surface area contributed by atoms with E-state index in [-0.39, 0.29) is 24.2 Å². The maximum absolute atomic E-state index is 11.9. The Hall–Kier alpha value is -2.09. The topological polar surface area (TPSA) is 99.7 Å². The van der Waals surface area contributed by atoms with Crippen LogP contribution in [0.15, 0.2) is 35.3 Å². The molecule has 1 amide bonds. The Morgan fingerprint density at radius 2 is 1.88 bits per heavy atom. The average Bonchev–Trinajstić information content (AvgIpc) is 2.58. The quantitative estimate of drug-likeness (QED) is 0.409. The molecule has 0 aliphatic carbocycles. The molecule has 0 saturated carbocycles. The summed E-state index contributed by atoms with van der Waals surface area (Å²) in [4.78, 5) is 16.2. The Morgan fingerprint density at radius 3 is 2.50 bits per heavy atom. The second-order valence-electron chi connectivity index (χ2n) is 6.24. The summed E-state index contributed by atoms with van der Waals surface area (Å²) in [5.41, 5.74) is 1.17. The van der Waals surface area contributed by atoms with Crippen LogP contribution in [0.2, 0.25) is 0 Å². The molecule has 3 N–H and O–H groups in total. The van der Waals surface area contributed by atoms with E-state index in [9.17, 15) is 13.2 Å². The van der Waals surface area contributed by atoms with E-state index in [1.54, 1.807) is 0 Å². The van der Waals surface area contributed by atoms with Crippen LogP contribution in [0.3, 0.4) is 0 Å². The second-order valence-corrected chi connectivity index (χ2v) is 8.50. The molecule has 0 aromatic heterocycles. The van der Waals surface area contributed by atoms with Crippen LogP contribution in [-0.2, 0) is 21.1 Å². The van der Waals surface area contributed by atoms with Crippen molar-refractivity contribution in [1.82, 2.24) is 16.0 Å². The molecular weight excluding hydrogens is 352 g/mol. The standard InChI is InChI=1S/C18H30N4O3S/c1-4-19-18(22-15(2)11-13-26(3,24)25)21-14-17(23)20-12-10-16-8-6-5-7-9-16/h5-9,15H,4,10-14H2,1-3H3,(H,20,23)(H2,19,21,22). The number of nitrogens with one attached hydrogen (secondary N) is 3. The number of amides is 1. The van der Waals surface area contributed by atoms with Crippen molar-refractivity contribution in [2.24, 2.45) is 4.99 Å². The van der Waals surface area contributed by atoms with Crippen molar-refractivity contribution in [2.75, 3.05) is 31.6 Å². The average molecular weight is 383 g/mol. The maximum Gasteiger partial charge on any atom is 0.241 e. The molecule has 0 aliphatic rings. The van der Waals surface area contributed by atoms with Crippen LogP contribution in [0.25, 0.3) is 0 Å². The first kappa shape index (κ1) is 22.0. The molecule has 26 heavy (non-hydrogen) atoms. The number of guanidine groups is 1. The lowest BCUT2D eigenvalue weighted by Crippen LogP contribution is -2.43. The SMILES string of the molecule is CCNC(=NCC(=O)NCCc1ccccc1)NC(C)CCS(C)(=O)=O. The lowest BCUT2D eigenvalue weighted by Gasteiger charge is -2.17. The van der Waals surface area contributed by atoms with E-state index in [0.717, 1.165) is 6.42 Å². The zero-order chi connectivity index (χ0) is 19.4. The van der Waals surface area contributed by atoms with Crippen LogP contribution < -0.4 is 16.0 Å². The van der Waals surface area contributed by atoms with Gasteiger partial charge in [-0.2, -0.15) is 0 Å². The van der Waals surface area contributed by atoms with Crippen molar-refractivity contribution >= 4 is 21.7 Å². The van der Waals surface area contributed by atoms with Gasteiger partial charge in [-0.1, -0.05) is 30.3 Å². The van der Waals surface area contributed by atoms with Crippen LogP contribution in [0, 0.1) is 0 Å². The van der Waals surface area contributed by atoms with Gasteiger partial charge in [-0.15, -0.1) is 0 Å². The smallest absolute Gasteiger partial charge is 0.241 e. The molecule has 1 aromatic carbocycles. The van der Waals surface area contributed by atoms with Crippen molar-refractivity contribution in [3.8, 4) is 0 Å². The molecule has 7 nitrogen and oxygen atoms in total. The monoisotopic (exact) mass is 382 g/mol. The van der Waals surface area contributed by atoms with Crippen molar-refractivity contribution in [2.45, 2.75) is 32.7 Å². The highest BCUT2D eigenvalue weighted by atomic mass is 32.2. The van der Waals surface area contributed by atoms with Gasteiger partial charge in [0, 0.05) is 25.4 Å². The molecule has 0 fully saturated rings. The Bertz CT molecular complexity index is 675. The molecular formula is C18H30N4O3S. The van der Waals surface area contributed by atoms with E-state index in [0.29, 0.717) is 25.5 Å². The molecule has 8 heteroatoms. The van der Waals surface area contributed by atoms with Crippen LogP contribution in [0.4, 0.5) is 0 Å². The summed E-state index contributed by atoms with van der Waals surface area (Å²) in [5, 5.41) is 9.03. The van der Waals surface area contributed by atoms with Crippen molar-refractivity contribution in [1.29, 1.82) is 0 Å². The summed E-state index contributed by atoms with van der Waals surface area (Å²) < 4.78 is 22.5. The molecule has 1 atom stereocenters. The molecule has 0 spiro atoms. The fourth-order valence-electron chi connectivity index (χ4n) is 2.21. The lowest BCUT2D eigenvalue weighted by molar-refractivity contribution is -0.119. The van der Waals surface area contributed by atoms with E-state index in [4.69, 9.17) is 0 Å². The molecule has 0 saturated heterocycles. The van der Waals surface area contributed by atoms with Gasteiger partial charge in [0.15, 0.2) is 5.96 Å². The number of carbonyl (C=O) groups is 1. The van der Waals surface area contributed by atoms with Crippen molar-refractivity contribution in [3.05, 3.63) is 35.9 Å². The molecule has 0 aliphatic heterocycles. The molecule has 0 radical (unpaired) electrons. The molecule has 1 rings (SSSR count). The molecule has 1 unspecified atom stereocenters. The van der Waals surface area contributed by atoms with Gasteiger partial charge < -0.3 is 16.0 Å². The van der Waals surface area contributed by atoms with Gasteiger partial charge in [0.1, 0.15) is 16.4 Å². The Kier molecular flexibility index (Phi) is 9.72. The summed E-state index contributed by atoms with van der Waals surface area (Å²) in [6.45, 7) is 5.05. The van der Waals surface area contributed by atoms with Crippen molar-refractivity contribution < 1.29 is 13.2 Å². The maximum atomic E-state index is 11.9. The first-order chi connectivity index (χ1) is 12.3. The minimum absolute atomic E-state index is 0.0168. The third-order valence-electron chi connectivity index (χ3n) is 3.61. The zero-order valence-electron chi connectivity index (χ0n) is 15.8. The number of sulfone groups is 1. The Morgan fingerprint density at radius 1 is 1.19 bits per heavy atom. The normalized spacial score (nSPS) is 13.1. The summed E-state index contributed by atoms with van der Waals surface area (Å²) in [6, 6.07) is 9.89. The van der Waals surface area contributed by atoms with Gasteiger partial charge in [-0.3, -0.25) is 4.79 Å². The van der Waals surface area contributed by atoms with Crippen molar-refractivity contribution in [3.63, 3.8) is 0 Å². The zero-order valence-corrected chi connectivity index (χ0v) is 16.6. The van der Waals surface area contributed by atoms with E-state index in [1.165, 1.54) is 11.8 Å². The van der Waals surface area contributed by atoms with E-state index >= 15 is 0 Å². The summed E-state index contributed by atoms with van der Waals surface area (Å²) >= 11 is 0. The number of hydrogen-bond donors (Lipinski definition) is 3. The minimum Gasteiger partial charge on any atom is -0.357 e. The van der Waals surface area contributed by atoms with E-state index in [1.807, 2.05) is 44.2 Å². The Balaban J connectivity index is 2.40. The molecule has 146 valence electrons. The van der Waals surface area contributed by atoms with Crippen LogP contribution in [-0.4, -0.2) is 58.0 Å². The third kappa shape index (κ3) is 10.7.